The molecule has 3 aromatic carbocycles. The molecule has 0 saturated carbocycles. The van der Waals surface area contributed by atoms with Crippen LogP contribution < -0.4 is 4.74 Å². The standard InChI is InChI=1S/C33H41N3O2/c1-7-10-11-16-38-32-15-14-26(18-25(32)8-2)28-19-27-13-12-23(4)17-30(27)31(20-28)33(37)35(6)22-29-21-34-36(9-3)24(29)5/h12-15,17-21H,7-11,16,22H2,1-6H3. The largest absolute Gasteiger partial charge is 0.493 e. The number of carbonyl (C=O) groups is 1. The van der Waals surface area contributed by atoms with Crippen molar-refractivity contribution in [2.45, 2.75) is 73.4 Å². The molecular weight excluding hydrogens is 470 g/mol. The van der Waals surface area contributed by atoms with Crippen LogP contribution in [-0.2, 0) is 19.5 Å². The molecule has 0 spiro atoms. The van der Waals surface area contributed by atoms with E-state index in [0.717, 1.165) is 76.0 Å². The highest BCUT2D eigenvalue weighted by Gasteiger charge is 2.19. The Morgan fingerprint density at radius 2 is 1.76 bits per heavy atom. The molecule has 0 N–H and O–H groups in total. The van der Waals surface area contributed by atoms with E-state index in [1.54, 1.807) is 4.90 Å². The summed E-state index contributed by atoms with van der Waals surface area (Å²) in [7, 11) is 1.87. The fourth-order valence-corrected chi connectivity index (χ4v) is 5.02. The second-order valence-corrected chi connectivity index (χ2v) is 10.2. The van der Waals surface area contributed by atoms with Gasteiger partial charge in [0.05, 0.1) is 12.8 Å². The number of carbonyl (C=O) groups excluding carboxylic acids is 1. The summed E-state index contributed by atoms with van der Waals surface area (Å²) in [5, 5.41) is 6.51. The van der Waals surface area contributed by atoms with E-state index in [1.165, 1.54) is 18.4 Å². The average molecular weight is 512 g/mol. The van der Waals surface area contributed by atoms with Crippen molar-refractivity contribution >= 4 is 16.7 Å². The molecule has 1 heterocycles. The first-order valence-corrected chi connectivity index (χ1v) is 13.9. The number of hydrogen-bond donors (Lipinski definition) is 0. The first-order chi connectivity index (χ1) is 18.4. The van der Waals surface area contributed by atoms with Gasteiger partial charge in [0, 0.05) is 37.0 Å². The molecule has 1 aromatic heterocycles. The van der Waals surface area contributed by atoms with Crippen molar-refractivity contribution in [3.63, 3.8) is 0 Å². The van der Waals surface area contributed by atoms with Crippen LogP contribution in [0.4, 0.5) is 0 Å². The Labute approximate surface area is 227 Å². The molecule has 0 unspecified atom stereocenters. The maximum absolute atomic E-state index is 13.9. The molecule has 5 nitrogen and oxygen atoms in total. The zero-order valence-corrected chi connectivity index (χ0v) is 23.8. The predicted octanol–water partition coefficient (Wildman–Crippen LogP) is 7.74. The van der Waals surface area contributed by atoms with Crippen LogP contribution in [-0.4, -0.2) is 34.2 Å². The second kappa shape index (κ2) is 12.3. The van der Waals surface area contributed by atoms with Crippen molar-refractivity contribution in [3.8, 4) is 16.9 Å². The average Bonchev–Trinajstić information content (AvgIpc) is 3.28. The summed E-state index contributed by atoms with van der Waals surface area (Å²) in [5.41, 5.74) is 7.37. The Kier molecular flexibility index (Phi) is 8.88. The van der Waals surface area contributed by atoms with Gasteiger partial charge in [-0.25, -0.2) is 0 Å². The van der Waals surface area contributed by atoms with E-state index in [1.807, 2.05) is 17.9 Å². The number of benzene rings is 3. The summed E-state index contributed by atoms with van der Waals surface area (Å²) >= 11 is 0. The van der Waals surface area contributed by atoms with Crippen LogP contribution >= 0.6 is 0 Å². The van der Waals surface area contributed by atoms with Crippen molar-refractivity contribution in [1.29, 1.82) is 0 Å². The van der Waals surface area contributed by atoms with Crippen LogP contribution in [0.25, 0.3) is 21.9 Å². The zero-order valence-electron chi connectivity index (χ0n) is 23.8. The van der Waals surface area contributed by atoms with Gasteiger partial charge in [0.15, 0.2) is 0 Å². The Morgan fingerprint density at radius 3 is 2.47 bits per heavy atom. The first-order valence-electron chi connectivity index (χ1n) is 13.9. The summed E-state index contributed by atoms with van der Waals surface area (Å²) in [6.07, 6.45) is 6.20. The lowest BCUT2D eigenvalue weighted by Crippen LogP contribution is -2.26. The van der Waals surface area contributed by atoms with Gasteiger partial charge in [-0.15, -0.1) is 0 Å². The summed E-state index contributed by atoms with van der Waals surface area (Å²) in [6, 6.07) is 17.0. The number of amides is 1. The topological polar surface area (TPSA) is 47.4 Å². The Balaban J connectivity index is 1.70. The number of unbranched alkanes of at least 4 members (excludes halogenated alkanes) is 2. The SMILES string of the molecule is CCCCCOc1ccc(-c2cc(C(=O)N(C)Cc3cnn(CC)c3C)c3cc(C)ccc3c2)cc1CC. The molecule has 0 aliphatic carbocycles. The lowest BCUT2D eigenvalue weighted by Gasteiger charge is -2.20. The molecule has 0 bridgehead atoms. The molecule has 0 fully saturated rings. The zero-order chi connectivity index (χ0) is 27.2. The van der Waals surface area contributed by atoms with Gasteiger partial charge in [-0.3, -0.25) is 9.48 Å². The summed E-state index contributed by atoms with van der Waals surface area (Å²) < 4.78 is 8.07. The van der Waals surface area contributed by atoms with E-state index in [2.05, 4.69) is 88.2 Å². The van der Waals surface area contributed by atoms with Gasteiger partial charge in [-0.2, -0.15) is 5.10 Å². The molecule has 0 radical (unpaired) electrons. The smallest absolute Gasteiger partial charge is 0.254 e. The molecule has 4 rings (SSSR count). The third-order valence-corrected chi connectivity index (χ3v) is 7.38. The molecule has 0 aliphatic rings. The summed E-state index contributed by atoms with van der Waals surface area (Å²) in [6.45, 7) is 12.7. The van der Waals surface area contributed by atoms with E-state index in [-0.39, 0.29) is 5.91 Å². The van der Waals surface area contributed by atoms with Crippen molar-refractivity contribution < 1.29 is 9.53 Å². The maximum Gasteiger partial charge on any atom is 0.254 e. The minimum Gasteiger partial charge on any atom is -0.493 e. The van der Waals surface area contributed by atoms with Gasteiger partial charge < -0.3 is 9.64 Å². The van der Waals surface area contributed by atoms with Crippen LogP contribution in [0.2, 0.25) is 0 Å². The highest BCUT2D eigenvalue weighted by Crippen LogP contribution is 2.32. The molecule has 0 aliphatic heterocycles. The van der Waals surface area contributed by atoms with Crippen molar-refractivity contribution in [1.82, 2.24) is 14.7 Å². The number of hydrogen-bond acceptors (Lipinski definition) is 3. The normalized spacial score (nSPS) is 11.2. The highest BCUT2D eigenvalue weighted by molar-refractivity contribution is 6.09. The van der Waals surface area contributed by atoms with Crippen LogP contribution in [0.5, 0.6) is 5.75 Å². The van der Waals surface area contributed by atoms with Gasteiger partial charge in [-0.05, 0) is 85.3 Å². The van der Waals surface area contributed by atoms with Crippen LogP contribution in [0, 0.1) is 13.8 Å². The molecule has 200 valence electrons. The Bertz CT molecular complexity index is 1420. The number of ether oxygens (including phenoxy) is 1. The van der Waals surface area contributed by atoms with E-state index < -0.39 is 0 Å². The van der Waals surface area contributed by atoms with E-state index in [9.17, 15) is 4.79 Å². The molecule has 5 heteroatoms. The maximum atomic E-state index is 13.9. The fraction of sp³-hybridized carbons (Fsp3) is 0.394. The molecule has 1 amide bonds. The summed E-state index contributed by atoms with van der Waals surface area (Å²) in [5.74, 6) is 0.973. The quantitative estimate of drug-likeness (QED) is 0.193. The molecular formula is C33H41N3O2. The minimum absolute atomic E-state index is 0.0118. The van der Waals surface area contributed by atoms with Crippen molar-refractivity contribution in [2.24, 2.45) is 0 Å². The number of aryl methyl sites for hydroxylation is 3. The van der Waals surface area contributed by atoms with Gasteiger partial charge in [0.2, 0.25) is 0 Å². The molecule has 0 atom stereocenters. The fourth-order valence-electron chi connectivity index (χ4n) is 5.02. The number of fused-ring (bicyclic) bond motifs is 1. The monoisotopic (exact) mass is 511 g/mol. The van der Waals surface area contributed by atoms with Crippen LogP contribution in [0.3, 0.4) is 0 Å². The van der Waals surface area contributed by atoms with E-state index >= 15 is 0 Å². The Hall–Kier alpha value is -3.60. The predicted molar refractivity (Wildman–Crippen MR) is 157 cm³/mol. The van der Waals surface area contributed by atoms with Crippen LogP contribution in [0.15, 0.2) is 54.7 Å². The van der Waals surface area contributed by atoms with Gasteiger partial charge >= 0.3 is 0 Å². The number of rotatable bonds is 11. The van der Waals surface area contributed by atoms with Crippen molar-refractivity contribution in [2.75, 3.05) is 13.7 Å². The van der Waals surface area contributed by atoms with Gasteiger partial charge in [-0.1, -0.05) is 56.5 Å². The lowest BCUT2D eigenvalue weighted by atomic mass is 9.94. The lowest BCUT2D eigenvalue weighted by molar-refractivity contribution is 0.0787. The summed E-state index contributed by atoms with van der Waals surface area (Å²) in [4.78, 5) is 15.7. The molecule has 0 saturated heterocycles. The minimum atomic E-state index is 0.0118. The second-order valence-electron chi connectivity index (χ2n) is 10.2. The first kappa shape index (κ1) is 27.4. The third kappa shape index (κ3) is 5.93. The molecule has 38 heavy (non-hydrogen) atoms. The molecule has 4 aromatic rings. The van der Waals surface area contributed by atoms with Crippen LogP contribution in [0.1, 0.15) is 72.8 Å². The van der Waals surface area contributed by atoms with E-state index in [4.69, 9.17) is 4.74 Å². The van der Waals surface area contributed by atoms with Gasteiger partial charge in [0.1, 0.15) is 5.75 Å². The highest BCUT2D eigenvalue weighted by atomic mass is 16.5. The van der Waals surface area contributed by atoms with E-state index in [0.29, 0.717) is 6.54 Å². The number of nitrogens with zero attached hydrogens (tertiary/aromatic N) is 3. The third-order valence-electron chi connectivity index (χ3n) is 7.38. The number of aromatic nitrogens is 2. The Morgan fingerprint density at radius 1 is 0.947 bits per heavy atom. The van der Waals surface area contributed by atoms with Crippen molar-refractivity contribution in [3.05, 3.63) is 82.7 Å². The van der Waals surface area contributed by atoms with Gasteiger partial charge in [0.25, 0.3) is 5.91 Å².